The number of sulfonamides is 1. The minimum absolute atomic E-state index is 0.0490. The first kappa shape index (κ1) is 23.4. The standard InChI is InChI=1S/C25H26N2O9S/c1-33-17-7-6-15-14-19-24(28)8-9-25(34-12-13-35-25)22-23(24,20(15)21(17)36-22)10-11-26(19)37(31,32)18-5-3-2-4-16(18)27(29)30/h2-7,19,22,28H,8-14H2,1H3/t19-,22+,23-,24+/m0/s1. The molecule has 2 saturated heterocycles. The highest BCUT2D eigenvalue weighted by atomic mass is 32.2. The van der Waals surface area contributed by atoms with Crippen LogP contribution in [0.25, 0.3) is 0 Å². The lowest BCUT2D eigenvalue weighted by atomic mass is 9.48. The van der Waals surface area contributed by atoms with Gasteiger partial charge in [0.15, 0.2) is 22.5 Å². The zero-order valence-electron chi connectivity index (χ0n) is 20.1. The van der Waals surface area contributed by atoms with Gasteiger partial charge in [0.2, 0.25) is 15.8 Å². The van der Waals surface area contributed by atoms with Gasteiger partial charge < -0.3 is 24.1 Å². The normalized spacial score (nSPS) is 33.1. The van der Waals surface area contributed by atoms with Gasteiger partial charge in [-0.3, -0.25) is 10.1 Å². The van der Waals surface area contributed by atoms with E-state index in [4.69, 9.17) is 18.9 Å². The molecular weight excluding hydrogens is 504 g/mol. The van der Waals surface area contributed by atoms with Crippen LogP contribution in [0.1, 0.15) is 30.4 Å². The number of nitro benzene ring substituents is 1. The van der Waals surface area contributed by atoms with E-state index in [1.807, 2.05) is 6.07 Å². The third kappa shape index (κ3) is 2.67. The molecule has 2 bridgehead atoms. The van der Waals surface area contributed by atoms with Gasteiger partial charge in [-0.25, -0.2) is 8.42 Å². The first-order valence-corrected chi connectivity index (χ1v) is 13.8. The Labute approximate surface area is 213 Å². The van der Waals surface area contributed by atoms with E-state index in [0.29, 0.717) is 31.1 Å². The number of aliphatic hydroxyl groups is 1. The highest BCUT2D eigenvalue weighted by Gasteiger charge is 2.78. The first-order valence-electron chi connectivity index (χ1n) is 12.3. The molecule has 4 atom stereocenters. The molecule has 3 heterocycles. The van der Waals surface area contributed by atoms with E-state index in [1.165, 1.54) is 28.6 Å². The van der Waals surface area contributed by atoms with Crippen LogP contribution in [0, 0.1) is 10.1 Å². The largest absolute Gasteiger partial charge is 0.493 e. The SMILES string of the molecule is COc1ccc2c3c1O[C@H]1C4(CC[C@@]5(O)[C@H](C2)N(S(=O)(=O)c2ccccc2[N+](=O)[O-])CC[C@]315)OCCO4. The number of hydrogen-bond donors (Lipinski definition) is 1. The molecule has 2 spiro atoms. The molecule has 0 radical (unpaired) electrons. The highest BCUT2D eigenvalue weighted by molar-refractivity contribution is 7.89. The quantitative estimate of drug-likeness (QED) is 0.464. The van der Waals surface area contributed by atoms with Gasteiger partial charge in [0.1, 0.15) is 0 Å². The summed E-state index contributed by atoms with van der Waals surface area (Å²) in [7, 11) is -2.77. The summed E-state index contributed by atoms with van der Waals surface area (Å²) in [6.07, 6.45) is 0.292. The topological polar surface area (TPSA) is 138 Å². The van der Waals surface area contributed by atoms with E-state index >= 15 is 0 Å². The molecule has 11 nitrogen and oxygen atoms in total. The number of rotatable bonds is 4. The highest BCUT2D eigenvalue weighted by Crippen LogP contribution is 2.68. The van der Waals surface area contributed by atoms with Crippen LogP contribution in [0.3, 0.4) is 0 Å². The Morgan fingerprint density at radius 3 is 2.62 bits per heavy atom. The zero-order valence-corrected chi connectivity index (χ0v) is 20.9. The van der Waals surface area contributed by atoms with Crippen molar-refractivity contribution in [2.24, 2.45) is 0 Å². The molecule has 1 saturated carbocycles. The van der Waals surface area contributed by atoms with Gasteiger partial charge in [0, 0.05) is 24.6 Å². The summed E-state index contributed by atoms with van der Waals surface area (Å²) in [5, 5.41) is 24.3. The second kappa shape index (κ2) is 7.41. The molecule has 2 aliphatic carbocycles. The summed E-state index contributed by atoms with van der Waals surface area (Å²) in [5.41, 5.74) is -1.32. The minimum atomic E-state index is -4.32. The predicted octanol–water partition coefficient (Wildman–Crippen LogP) is 1.89. The number of fused-ring (bicyclic) bond motifs is 1. The molecule has 12 heteroatoms. The van der Waals surface area contributed by atoms with Crippen molar-refractivity contribution in [1.82, 2.24) is 4.31 Å². The van der Waals surface area contributed by atoms with Crippen LogP contribution in [-0.4, -0.2) is 73.2 Å². The second-order valence-corrected chi connectivity index (χ2v) is 12.2. The van der Waals surface area contributed by atoms with Crippen molar-refractivity contribution in [2.75, 3.05) is 26.9 Å². The number of nitro groups is 1. The number of piperidine rings is 1. The average molecular weight is 531 g/mol. The lowest BCUT2D eigenvalue weighted by Crippen LogP contribution is -2.79. The van der Waals surface area contributed by atoms with E-state index in [2.05, 4.69) is 0 Å². The van der Waals surface area contributed by atoms with Crippen LogP contribution in [0.2, 0.25) is 0 Å². The summed E-state index contributed by atoms with van der Waals surface area (Å²) >= 11 is 0. The third-order valence-corrected chi connectivity index (χ3v) is 11.0. The molecule has 3 aliphatic heterocycles. The Morgan fingerprint density at radius 2 is 1.89 bits per heavy atom. The Morgan fingerprint density at radius 1 is 1.14 bits per heavy atom. The summed E-state index contributed by atoms with van der Waals surface area (Å²) < 4.78 is 53.7. The van der Waals surface area contributed by atoms with Crippen molar-refractivity contribution in [3.8, 4) is 11.5 Å². The Hall–Kier alpha value is -2.77. The van der Waals surface area contributed by atoms with Crippen molar-refractivity contribution in [3.05, 3.63) is 57.6 Å². The maximum Gasteiger partial charge on any atom is 0.289 e. The Kier molecular flexibility index (Phi) is 4.68. The average Bonchev–Trinajstić information content (AvgIpc) is 3.49. The van der Waals surface area contributed by atoms with Crippen LogP contribution in [-0.2, 0) is 31.3 Å². The van der Waals surface area contributed by atoms with Gasteiger partial charge in [0.25, 0.3) is 5.69 Å². The fourth-order valence-electron chi connectivity index (χ4n) is 7.62. The molecule has 3 fully saturated rings. The number of para-hydroxylation sites is 1. The summed E-state index contributed by atoms with van der Waals surface area (Å²) in [5.74, 6) is 0.0120. The number of benzene rings is 2. The van der Waals surface area contributed by atoms with Crippen molar-refractivity contribution < 1.29 is 37.4 Å². The maximum absolute atomic E-state index is 14.0. The maximum atomic E-state index is 14.0. The Bertz CT molecular complexity index is 1440. The van der Waals surface area contributed by atoms with Crippen molar-refractivity contribution >= 4 is 15.7 Å². The fourth-order valence-corrected chi connectivity index (χ4v) is 9.45. The predicted molar refractivity (Wildman–Crippen MR) is 127 cm³/mol. The monoisotopic (exact) mass is 530 g/mol. The molecule has 0 aromatic heterocycles. The summed E-state index contributed by atoms with van der Waals surface area (Å²) in [6, 6.07) is 8.14. The van der Waals surface area contributed by atoms with E-state index in [0.717, 1.165) is 11.1 Å². The van der Waals surface area contributed by atoms with Gasteiger partial charge >= 0.3 is 0 Å². The molecular formula is C25H26N2O9S. The minimum Gasteiger partial charge on any atom is -0.493 e. The fraction of sp³-hybridized carbons (Fsp3) is 0.520. The molecule has 2 aromatic rings. The van der Waals surface area contributed by atoms with Gasteiger partial charge in [-0.2, -0.15) is 4.31 Å². The van der Waals surface area contributed by atoms with Crippen LogP contribution >= 0.6 is 0 Å². The first-order chi connectivity index (χ1) is 17.7. The number of hydrogen-bond acceptors (Lipinski definition) is 9. The van der Waals surface area contributed by atoms with Crippen LogP contribution < -0.4 is 9.47 Å². The smallest absolute Gasteiger partial charge is 0.289 e. The van der Waals surface area contributed by atoms with E-state index in [9.17, 15) is 23.6 Å². The van der Waals surface area contributed by atoms with Crippen molar-refractivity contribution in [1.29, 1.82) is 0 Å². The number of methoxy groups -OCH3 is 1. The van der Waals surface area contributed by atoms with Gasteiger partial charge in [0.05, 0.1) is 42.3 Å². The Balaban J connectivity index is 1.43. The third-order valence-electron chi connectivity index (χ3n) is 9.05. The lowest BCUT2D eigenvalue weighted by molar-refractivity contribution is -0.387. The van der Waals surface area contributed by atoms with Gasteiger partial charge in [-0.15, -0.1) is 0 Å². The summed E-state index contributed by atoms with van der Waals surface area (Å²) in [4.78, 5) is 10.6. The molecule has 0 unspecified atom stereocenters. The van der Waals surface area contributed by atoms with Gasteiger partial charge in [-0.05, 0) is 37.0 Å². The van der Waals surface area contributed by atoms with Gasteiger partial charge in [-0.1, -0.05) is 18.2 Å². The van der Waals surface area contributed by atoms with E-state index in [1.54, 1.807) is 13.2 Å². The molecule has 2 aromatic carbocycles. The summed E-state index contributed by atoms with van der Waals surface area (Å²) in [6.45, 7) is 0.847. The molecule has 37 heavy (non-hydrogen) atoms. The number of ether oxygens (including phenoxy) is 4. The van der Waals surface area contributed by atoms with Crippen molar-refractivity contribution in [3.63, 3.8) is 0 Å². The molecule has 7 rings (SSSR count). The molecule has 1 N–H and O–H groups in total. The van der Waals surface area contributed by atoms with Crippen molar-refractivity contribution in [2.45, 2.75) is 59.5 Å². The van der Waals surface area contributed by atoms with Crippen LogP contribution in [0.5, 0.6) is 11.5 Å². The molecule has 0 amide bonds. The lowest BCUT2D eigenvalue weighted by Gasteiger charge is -2.64. The van der Waals surface area contributed by atoms with E-state index < -0.39 is 49.6 Å². The van der Waals surface area contributed by atoms with Crippen LogP contribution in [0.4, 0.5) is 5.69 Å². The second-order valence-electron chi connectivity index (χ2n) is 10.3. The zero-order chi connectivity index (χ0) is 25.8. The molecule has 196 valence electrons. The van der Waals surface area contributed by atoms with Crippen LogP contribution in [0.15, 0.2) is 41.3 Å². The number of nitrogens with zero attached hydrogens (tertiary/aromatic N) is 2. The molecule has 5 aliphatic rings. The van der Waals surface area contributed by atoms with E-state index in [-0.39, 0.29) is 30.7 Å².